The van der Waals surface area contributed by atoms with Crippen LogP contribution in [0.1, 0.15) is 39.2 Å². The number of aromatic nitrogens is 1. The third kappa shape index (κ3) is 4.35. The Kier molecular flexibility index (Phi) is 5.09. The van der Waals surface area contributed by atoms with Crippen LogP contribution in [0, 0.1) is 11.3 Å². The normalized spacial score (nSPS) is 17.7. The Morgan fingerprint density at radius 1 is 1.57 bits per heavy atom. The highest BCUT2D eigenvalue weighted by Gasteiger charge is 2.33. The average molecular weight is 316 g/mol. The number of ether oxygens (including phenoxy) is 1. The van der Waals surface area contributed by atoms with Gasteiger partial charge in [-0.1, -0.05) is 0 Å². The van der Waals surface area contributed by atoms with Crippen LogP contribution in [0.25, 0.3) is 0 Å². The average Bonchev–Trinajstić information content (AvgIpc) is 2.93. The van der Waals surface area contributed by atoms with E-state index in [1.807, 2.05) is 32.7 Å². The summed E-state index contributed by atoms with van der Waals surface area (Å²) >= 11 is 0. The van der Waals surface area contributed by atoms with Crippen molar-refractivity contribution in [3.8, 4) is 6.07 Å². The van der Waals surface area contributed by atoms with Crippen LogP contribution in [0.4, 0.5) is 10.6 Å². The fourth-order valence-electron chi connectivity index (χ4n) is 2.78. The quantitative estimate of drug-likeness (QED) is 0.857. The molecule has 1 aliphatic heterocycles. The summed E-state index contributed by atoms with van der Waals surface area (Å²) in [7, 11) is 1.90. The third-order valence-corrected chi connectivity index (χ3v) is 3.76. The van der Waals surface area contributed by atoms with Crippen LogP contribution >= 0.6 is 0 Å². The zero-order valence-corrected chi connectivity index (χ0v) is 14.2. The summed E-state index contributed by atoms with van der Waals surface area (Å²) < 4.78 is 5.48. The van der Waals surface area contributed by atoms with Gasteiger partial charge in [0.25, 0.3) is 0 Å². The molecule has 6 heteroatoms. The molecule has 0 aliphatic carbocycles. The van der Waals surface area contributed by atoms with Crippen LogP contribution < -0.4 is 4.90 Å². The number of carbonyl (C=O) groups excluding carboxylic acids is 1. The maximum Gasteiger partial charge on any atom is 0.410 e. The van der Waals surface area contributed by atoms with Gasteiger partial charge in [-0.05, 0) is 45.7 Å². The molecule has 1 fully saturated rings. The predicted molar refractivity (Wildman–Crippen MR) is 88.2 cm³/mol. The first-order chi connectivity index (χ1) is 10.8. The van der Waals surface area contributed by atoms with Crippen molar-refractivity contribution in [1.82, 2.24) is 9.88 Å². The fourth-order valence-corrected chi connectivity index (χ4v) is 2.78. The first-order valence-corrected chi connectivity index (χ1v) is 7.87. The Bertz CT molecular complexity index is 603. The molecule has 1 saturated heterocycles. The number of nitriles is 1. The molecule has 1 aromatic heterocycles. The SMILES string of the molecule is CN(C[C@@H]1CCCN1C(=O)OC(C)(C)C)c1ncccc1C#N. The van der Waals surface area contributed by atoms with Gasteiger partial charge in [-0.15, -0.1) is 0 Å². The lowest BCUT2D eigenvalue weighted by atomic mass is 10.2. The van der Waals surface area contributed by atoms with Gasteiger partial charge in [0, 0.05) is 26.3 Å². The number of likely N-dealkylation sites (N-methyl/N-ethyl adjacent to an activating group) is 1. The molecule has 1 aliphatic rings. The van der Waals surface area contributed by atoms with E-state index in [2.05, 4.69) is 11.1 Å². The van der Waals surface area contributed by atoms with Gasteiger partial charge in [-0.2, -0.15) is 5.26 Å². The lowest BCUT2D eigenvalue weighted by Gasteiger charge is -2.31. The first kappa shape index (κ1) is 17.1. The fraction of sp³-hybridized carbons (Fsp3) is 0.588. The third-order valence-electron chi connectivity index (χ3n) is 3.76. The molecule has 6 nitrogen and oxygen atoms in total. The molecule has 0 unspecified atom stereocenters. The topological polar surface area (TPSA) is 69.5 Å². The van der Waals surface area contributed by atoms with Crippen LogP contribution in [0.2, 0.25) is 0 Å². The van der Waals surface area contributed by atoms with Gasteiger partial charge in [-0.3, -0.25) is 0 Å². The number of nitrogens with zero attached hydrogens (tertiary/aromatic N) is 4. The van der Waals surface area contributed by atoms with Crippen LogP contribution in [-0.4, -0.2) is 47.8 Å². The van der Waals surface area contributed by atoms with Crippen LogP contribution in [0.3, 0.4) is 0 Å². The van der Waals surface area contributed by atoms with Crippen molar-refractivity contribution in [2.24, 2.45) is 0 Å². The number of carbonyl (C=O) groups is 1. The monoisotopic (exact) mass is 316 g/mol. The zero-order valence-electron chi connectivity index (χ0n) is 14.2. The molecule has 1 atom stereocenters. The van der Waals surface area contributed by atoms with Crippen LogP contribution in [-0.2, 0) is 4.74 Å². The lowest BCUT2D eigenvalue weighted by molar-refractivity contribution is 0.0232. The van der Waals surface area contributed by atoms with Gasteiger partial charge in [0.1, 0.15) is 17.5 Å². The summed E-state index contributed by atoms with van der Waals surface area (Å²) in [5.74, 6) is 0.644. The van der Waals surface area contributed by atoms with Crippen LogP contribution in [0.15, 0.2) is 18.3 Å². The van der Waals surface area contributed by atoms with Gasteiger partial charge in [0.05, 0.1) is 11.6 Å². The molecule has 1 amide bonds. The molecule has 0 aromatic carbocycles. The standard InChI is InChI=1S/C17H24N4O2/c1-17(2,3)23-16(22)21-10-6-8-14(21)12-20(4)15-13(11-18)7-5-9-19-15/h5,7,9,14H,6,8,10,12H2,1-4H3/t14-/m0/s1. The Morgan fingerprint density at radius 3 is 2.96 bits per heavy atom. The van der Waals surface area contributed by atoms with E-state index in [1.165, 1.54) is 0 Å². The summed E-state index contributed by atoms with van der Waals surface area (Å²) in [5, 5.41) is 9.19. The van der Waals surface area contributed by atoms with E-state index in [4.69, 9.17) is 4.74 Å². The Hall–Kier alpha value is -2.29. The summed E-state index contributed by atoms with van der Waals surface area (Å²) in [5.41, 5.74) is 0.0438. The van der Waals surface area contributed by atoms with Crippen molar-refractivity contribution in [1.29, 1.82) is 5.26 Å². The van der Waals surface area contributed by atoms with E-state index < -0.39 is 5.60 Å². The number of pyridine rings is 1. The number of anilines is 1. The molecule has 0 saturated carbocycles. The smallest absolute Gasteiger partial charge is 0.410 e. The first-order valence-electron chi connectivity index (χ1n) is 7.87. The molecule has 2 rings (SSSR count). The summed E-state index contributed by atoms with van der Waals surface area (Å²) in [6.45, 7) is 6.95. The number of rotatable bonds is 3. The van der Waals surface area contributed by atoms with E-state index in [0.717, 1.165) is 12.8 Å². The molecule has 23 heavy (non-hydrogen) atoms. The molecule has 0 spiro atoms. The van der Waals surface area contributed by atoms with Gasteiger partial charge in [0.2, 0.25) is 0 Å². The molecular formula is C17H24N4O2. The van der Waals surface area contributed by atoms with E-state index in [-0.39, 0.29) is 12.1 Å². The Balaban J connectivity index is 2.06. The van der Waals surface area contributed by atoms with Gasteiger partial charge < -0.3 is 14.5 Å². The summed E-state index contributed by atoms with van der Waals surface area (Å²) in [6, 6.07) is 5.73. The maximum absolute atomic E-state index is 12.3. The Labute approximate surface area is 137 Å². The number of hydrogen-bond donors (Lipinski definition) is 0. The molecule has 124 valence electrons. The number of likely N-dealkylation sites (tertiary alicyclic amines) is 1. The molecule has 1 aromatic rings. The van der Waals surface area contributed by atoms with Gasteiger partial charge in [-0.25, -0.2) is 9.78 Å². The van der Waals surface area contributed by atoms with Crippen molar-refractivity contribution in [3.63, 3.8) is 0 Å². The molecule has 2 heterocycles. The minimum absolute atomic E-state index is 0.0726. The number of amides is 1. The van der Waals surface area contributed by atoms with Gasteiger partial charge >= 0.3 is 6.09 Å². The zero-order chi connectivity index (χ0) is 17.0. The second-order valence-corrected chi connectivity index (χ2v) is 6.84. The van der Waals surface area contributed by atoms with Crippen LogP contribution in [0.5, 0.6) is 0 Å². The van der Waals surface area contributed by atoms with Crippen molar-refractivity contribution < 1.29 is 9.53 Å². The molecule has 0 N–H and O–H groups in total. The second-order valence-electron chi connectivity index (χ2n) is 6.84. The lowest BCUT2D eigenvalue weighted by Crippen LogP contribution is -2.44. The van der Waals surface area contributed by atoms with E-state index in [0.29, 0.717) is 24.5 Å². The van der Waals surface area contributed by atoms with Gasteiger partial charge in [0.15, 0.2) is 0 Å². The highest BCUT2D eigenvalue weighted by atomic mass is 16.6. The Morgan fingerprint density at radius 2 is 2.30 bits per heavy atom. The van der Waals surface area contributed by atoms with E-state index >= 15 is 0 Å². The van der Waals surface area contributed by atoms with Crippen molar-refractivity contribution in [2.45, 2.75) is 45.3 Å². The van der Waals surface area contributed by atoms with E-state index in [9.17, 15) is 10.1 Å². The van der Waals surface area contributed by atoms with E-state index in [1.54, 1.807) is 23.2 Å². The summed E-state index contributed by atoms with van der Waals surface area (Å²) in [4.78, 5) is 20.3. The molecule has 0 bridgehead atoms. The van der Waals surface area contributed by atoms with Crippen molar-refractivity contribution in [3.05, 3.63) is 23.9 Å². The summed E-state index contributed by atoms with van der Waals surface area (Å²) in [6.07, 6.45) is 3.30. The molecular weight excluding hydrogens is 292 g/mol. The highest BCUT2D eigenvalue weighted by molar-refractivity contribution is 5.69. The minimum atomic E-state index is -0.495. The second kappa shape index (κ2) is 6.86. The van der Waals surface area contributed by atoms with Crippen molar-refractivity contribution in [2.75, 3.05) is 25.0 Å². The minimum Gasteiger partial charge on any atom is -0.444 e. The number of hydrogen-bond acceptors (Lipinski definition) is 5. The highest BCUT2D eigenvalue weighted by Crippen LogP contribution is 2.23. The molecule has 0 radical (unpaired) electrons. The maximum atomic E-state index is 12.3. The predicted octanol–water partition coefficient (Wildman–Crippen LogP) is 2.79. The van der Waals surface area contributed by atoms with Crippen molar-refractivity contribution >= 4 is 11.9 Å². The largest absolute Gasteiger partial charge is 0.444 e.